The van der Waals surface area contributed by atoms with Gasteiger partial charge in [0.2, 0.25) is 11.8 Å². The molecule has 3 rings (SSSR count). The van der Waals surface area contributed by atoms with E-state index in [0.717, 1.165) is 11.0 Å². The summed E-state index contributed by atoms with van der Waals surface area (Å²) in [6.07, 6.45) is 3.01. The first kappa shape index (κ1) is 13.6. The maximum absolute atomic E-state index is 12.3. The zero-order chi connectivity index (χ0) is 14.8. The van der Waals surface area contributed by atoms with Crippen molar-refractivity contribution in [2.75, 3.05) is 13.1 Å². The van der Waals surface area contributed by atoms with E-state index in [9.17, 15) is 9.59 Å². The van der Waals surface area contributed by atoms with Crippen LogP contribution in [0.5, 0.6) is 0 Å². The lowest BCUT2D eigenvalue weighted by Gasteiger charge is -2.30. The number of hydrogen-bond acceptors (Lipinski definition) is 3. The van der Waals surface area contributed by atoms with Gasteiger partial charge in [-0.05, 0) is 25.0 Å². The number of piperidine rings is 1. The molecule has 2 amide bonds. The number of imidazole rings is 1. The normalized spacial score (nSPS) is 16.3. The number of para-hydroxylation sites is 2. The maximum atomic E-state index is 12.3. The molecular formula is C15H18N4O2. The second-order valence-electron chi connectivity index (χ2n) is 5.42. The molecule has 2 N–H and O–H groups in total. The van der Waals surface area contributed by atoms with E-state index in [-0.39, 0.29) is 24.3 Å². The molecule has 0 aliphatic carbocycles. The van der Waals surface area contributed by atoms with E-state index in [2.05, 4.69) is 4.98 Å². The first-order valence-electron chi connectivity index (χ1n) is 7.12. The van der Waals surface area contributed by atoms with Gasteiger partial charge in [-0.3, -0.25) is 9.59 Å². The van der Waals surface area contributed by atoms with Crippen molar-refractivity contribution in [3.05, 3.63) is 30.6 Å². The number of primary amides is 1. The van der Waals surface area contributed by atoms with Crippen molar-refractivity contribution < 1.29 is 9.59 Å². The number of fused-ring (bicyclic) bond motifs is 1. The van der Waals surface area contributed by atoms with Crippen molar-refractivity contribution in [1.29, 1.82) is 0 Å². The minimum atomic E-state index is -0.261. The van der Waals surface area contributed by atoms with Gasteiger partial charge in [0, 0.05) is 19.0 Å². The zero-order valence-corrected chi connectivity index (χ0v) is 11.7. The number of nitrogens with zero attached hydrogens (tertiary/aromatic N) is 3. The van der Waals surface area contributed by atoms with Gasteiger partial charge in [-0.2, -0.15) is 0 Å². The number of likely N-dealkylation sites (tertiary alicyclic amines) is 1. The van der Waals surface area contributed by atoms with Crippen LogP contribution in [0.25, 0.3) is 11.0 Å². The Balaban J connectivity index is 1.66. The van der Waals surface area contributed by atoms with E-state index >= 15 is 0 Å². The Morgan fingerprint density at radius 3 is 2.67 bits per heavy atom. The molecule has 1 aromatic heterocycles. The number of carbonyl (C=O) groups excluding carboxylic acids is 2. The van der Waals surface area contributed by atoms with E-state index in [1.54, 1.807) is 11.2 Å². The minimum Gasteiger partial charge on any atom is -0.369 e. The fourth-order valence-corrected chi connectivity index (χ4v) is 2.80. The van der Waals surface area contributed by atoms with Gasteiger partial charge < -0.3 is 15.2 Å². The summed E-state index contributed by atoms with van der Waals surface area (Å²) in [5.74, 6) is -0.299. The largest absolute Gasteiger partial charge is 0.369 e. The molecule has 2 aromatic rings. The molecule has 1 aliphatic rings. The van der Waals surface area contributed by atoms with Gasteiger partial charge in [0.1, 0.15) is 6.54 Å². The second kappa shape index (κ2) is 5.55. The highest BCUT2D eigenvalue weighted by Gasteiger charge is 2.25. The fourth-order valence-electron chi connectivity index (χ4n) is 2.80. The van der Waals surface area contributed by atoms with Crippen molar-refractivity contribution in [1.82, 2.24) is 14.5 Å². The predicted octanol–water partition coefficient (Wildman–Crippen LogP) is 0.760. The summed E-state index contributed by atoms with van der Waals surface area (Å²) in [5.41, 5.74) is 7.15. The van der Waals surface area contributed by atoms with Crippen molar-refractivity contribution in [3.63, 3.8) is 0 Å². The summed E-state index contributed by atoms with van der Waals surface area (Å²) in [6, 6.07) is 7.74. The third kappa shape index (κ3) is 2.74. The summed E-state index contributed by atoms with van der Waals surface area (Å²) >= 11 is 0. The van der Waals surface area contributed by atoms with Crippen LogP contribution >= 0.6 is 0 Å². The van der Waals surface area contributed by atoms with Crippen LogP contribution in [0.3, 0.4) is 0 Å². The monoisotopic (exact) mass is 286 g/mol. The van der Waals surface area contributed by atoms with Gasteiger partial charge in [-0.1, -0.05) is 12.1 Å². The molecule has 21 heavy (non-hydrogen) atoms. The molecule has 110 valence electrons. The van der Waals surface area contributed by atoms with Gasteiger partial charge in [0.25, 0.3) is 0 Å². The summed E-state index contributed by atoms with van der Waals surface area (Å²) in [4.78, 5) is 29.6. The number of nitrogens with two attached hydrogens (primary N) is 1. The number of rotatable bonds is 3. The lowest BCUT2D eigenvalue weighted by molar-refractivity contribution is -0.135. The number of benzene rings is 1. The number of aromatic nitrogens is 2. The molecular weight excluding hydrogens is 268 g/mol. The summed E-state index contributed by atoms with van der Waals surface area (Å²) in [6.45, 7) is 1.47. The van der Waals surface area contributed by atoms with Crippen LogP contribution in [-0.4, -0.2) is 39.4 Å². The topological polar surface area (TPSA) is 81.2 Å². The average molecular weight is 286 g/mol. The van der Waals surface area contributed by atoms with E-state index < -0.39 is 0 Å². The van der Waals surface area contributed by atoms with Gasteiger partial charge in [0.05, 0.1) is 17.4 Å². The Kier molecular flexibility index (Phi) is 3.60. The van der Waals surface area contributed by atoms with Gasteiger partial charge in [-0.25, -0.2) is 4.98 Å². The van der Waals surface area contributed by atoms with E-state index in [1.807, 2.05) is 28.8 Å². The molecule has 1 saturated heterocycles. The van der Waals surface area contributed by atoms with E-state index in [4.69, 9.17) is 5.73 Å². The quantitative estimate of drug-likeness (QED) is 0.904. The number of amides is 2. The van der Waals surface area contributed by atoms with Crippen LogP contribution in [0.15, 0.2) is 30.6 Å². The van der Waals surface area contributed by atoms with Gasteiger partial charge >= 0.3 is 0 Å². The second-order valence-corrected chi connectivity index (χ2v) is 5.42. The summed E-state index contributed by atoms with van der Waals surface area (Å²) in [7, 11) is 0. The standard InChI is InChI=1S/C15H18N4O2/c16-15(21)11-5-7-18(8-6-11)14(20)9-19-10-17-12-3-1-2-4-13(12)19/h1-4,10-11H,5-9H2,(H2,16,21). The smallest absolute Gasteiger partial charge is 0.242 e. The third-order valence-corrected chi connectivity index (χ3v) is 4.08. The van der Waals surface area contributed by atoms with Crippen LogP contribution in [0.2, 0.25) is 0 Å². The van der Waals surface area contributed by atoms with Crippen LogP contribution < -0.4 is 5.73 Å². The van der Waals surface area contributed by atoms with Gasteiger partial charge in [0.15, 0.2) is 0 Å². The molecule has 0 radical (unpaired) electrons. The molecule has 1 aliphatic heterocycles. The third-order valence-electron chi connectivity index (χ3n) is 4.08. The molecule has 0 bridgehead atoms. The highest BCUT2D eigenvalue weighted by Crippen LogP contribution is 2.18. The lowest BCUT2D eigenvalue weighted by atomic mass is 9.96. The van der Waals surface area contributed by atoms with Crippen molar-refractivity contribution in [2.45, 2.75) is 19.4 Å². The SMILES string of the molecule is NC(=O)C1CCN(C(=O)Cn2cnc3ccccc32)CC1. The molecule has 0 atom stereocenters. The lowest BCUT2D eigenvalue weighted by Crippen LogP contribution is -2.42. The summed E-state index contributed by atoms with van der Waals surface area (Å²) < 4.78 is 1.86. The molecule has 0 spiro atoms. The Morgan fingerprint density at radius 2 is 1.95 bits per heavy atom. The Labute approximate surface area is 122 Å². The Morgan fingerprint density at radius 1 is 1.24 bits per heavy atom. The molecule has 6 nitrogen and oxygen atoms in total. The Hall–Kier alpha value is -2.37. The number of hydrogen-bond donors (Lipinski definition) is 1. The number of carbonyl (C=O) groups is 2. The van der Waals surface area contributed by atoms with Crippen LogP contribution in [0, 0.1) is 5.92 Å². The molecule has 1 fully saturated rings. The molecule has 2 heterocycles. The minimum absolute atomic E-state index is 0.0565. The van der Waals surface area contributed by atoms with Crippen molar-refractivity contribution >= 4 is 22.8 Å². The highest BCUT2D eigenvalue weighted by molar-refractivity contribution is 5.81. The Bertz CT molecular complexity index is 671. The van der Waals surface area contributed by atoms with Crippen LogP contribution in [0.4, 0.5) is 0 Å². The summed E-state index contributed by atoms with van der Waals surface area (Å²) in [5, 5.41) is 0. The van der Waals surface area contributed by atoms with Crippen LogP contribution in [-0.2, 0) is 16.1 Å². The molecule has 1 aromatic carbocycles. The average Bonchev–Trinajstić information content (AvgIpc) is 2.91. The van der Waals surface area contributed by atoms with Gasteiger partial charge in [-0.15, -0.1) is 0 Å². The fraction of sp³-hybridized carbons (Fsp3) is 0.400. The highest BCUT2D eigenvalue weighted by atomic mass is 16.2. The zero-order valence-electron chi connectivity index (χ0n) is 11.7. The van der Waals surface area contributed by atoms with Crippen LogP contribution in [0.1, 0.15) is 12.8 Å². The van der Waals surface area contributed by atoms with Crippen molar-refractivity contribution in [3.8, 4) is 0 Å². The predicted molar refractivity (Wildman–Crippen MR) is 78.2 cm³/mol. The maximum Gasteiger partial charge on any atom is 0.242 e. The first-order chi connectivity index (χ1) is 10.1. The van der Waals surface area contributed by atoms with Crippen molar-refractivity contribution in [2.24, 2.45) is 11.7 Å². The molecule has 6 heteroatoms. The first-order valence-corrected chi connectivity index (χ1v) is 7.12. The van der Waals surface area contributed by atoms with E-state index in [0.29, 0.717) is 25.9 Å². The molecule has 0 saturated carbocycles. The van der Waals surface area contributed by atoms with E-state index in [1.165, 1.54) is 0 Å². The molecule has 0 unspecified atom stereocenters.